The zero-order valence-corrected chi connectivity index (χ0v) is 30.7. The number of carbonyl (C=O) groups excluding carboxylic acids is 6. The van der Waals surface area contributed by atoms with Gasteiger partial charge in [-0.25, -0.2) is 0 Å². The average Bonchev–Trinajstić information content (AvgIpc) is 3.13. The number of nitrogens with two attached hydrogens (primary N) is 2. The molecule has 0 bridgehead atoms. The van der Waals surface area contributed by atoms with Crippen LogP contribution >= 0.6 is 0 Å². The van der Waals surface area contributed by atoms with Crippen molar-refractivity contribution in [3.8, 4) is 0 Å². The van der Waals surface area contributed by atoms with Gasteiger partial charge in [-0.05, 0) is 43.7 Å². The van der Waals surface area contributed by atoms with Crippen molar-refractivity contribution in [1.82, 2.24) is 26.6 Å². The summed E-state index contributed by atoms with van der Waals surface area (Å²) >= 11 is 0. The summed E-state index contributed by atoms with van der Waals surface area (Å²) in [4.78, 5) is 79.4. The van der Waals surface area contributed by atoms with E-state index in [2.05, 4.69) is 26.6 Å². The summed E-state index contributed by atoms with van der Waals surface area (Å²) in [5, 5.41) is 13.7. The van der Waals surface area contributed by atoms with Crippen LogP contribution in [0.1, 0.15) is 89.7 Å². The lowest BCUT2D eigenvalue weighted by Gasteiger charge is -2.28. The molecule has 1 saturated carbocycles. The van der Waals surface area contributed by atoms with E-state index in [0.29, 0.717) is 19.3 Å². The first-order valence-corrected chi connectivity index (χ1v) is 18.5. The zero-order valence-electron chi connectivity index (χ0n) is 30.7. The van der Waals surface area contributed by atoms with E-state index in [1.165, 1.54) is 13.8 Å². The van der Waals surface area contributed by atoms with Gasteiger partial charge in [0, 0.05) is 12.8 Å². The van der Waals surface area contributed by atoms with E-state index in [1.807, 2.05) is 67.6 Å². The molecular weight excluding hydrogens is 662 g/mol. The van der Waals surface area contributed by atoms with Crippen molar-refractivity contribution in [2.45, 2.75) is 128 Å². The van der Waals surface area contributed by atoms with E-state index in [4.69, 9.17) is 11.5 Å². The van der Waals surface area contributed by atoms with Crippen LogP contribution in [0.3, 0.4) is 0 Å². The molecule has 0 saturated heterocycles. The first kappa shape index (κ1) is 41.6. The third kappa shape index (κ3) is 14.1. The van der Waals surface area contributed by atoms with Gasteiger partial charge in [-0.15, -0.1) is 0 Å². The molecule has 6 amide bonds. The van der Waals surface area contributed by atoms with Gasteiger partial charge in [0.25, 0.3) is 0 Å². The van der Waals surface area contributed by atoms with Gasteiger partial charge in [0.1, 0.15) is 30.2 Å². The van der Waals surface area contributed by atoms with Crippen molar-refractivity contribution < 1.29 is 28.8 Å². The van der Waals surface area contributed by atoms with Crippen LogP contribution in [0, 0.1) is 5.92 Å². The molecule has 13 nitrogen and oxygen atoms in total. The highest BCUT2D eigenvalue weighted by Gasteiger charge is 2.32. The second-order valence-corrected chi connectivity index (χ2v) is 13.9. The highest BCUT2D eigenvalue weighted by molar-refractivity contribution is 5.96. The smallest absolute Gasteiger partial charge is 0.243 e. The van der Waals surface area contributed by atoms with Gasteiger partial charge in [0.2, 0.25) is 35.4 Å². The molecule has 284 valence electrons. The van der Waals surface area contributed by atoms with Gasteiger partial charge in [-0.2, -0.15) is 0 Å². The first-order chi connectivity index (χ1) is 24.9. The second kappa shape index (κ2) is 21.6. The van der Waals surface area contributed by atoms with E-state index < -0.39 is 71.7 Å². The Labute approximate surface area is 307 Å². The number of rotatable bonds is 20. The second-order valence-electron chi connectivity index (χ2n) is 13.9. The minimum atomic E-state index is -1.14. The molecule has 1 aliphatic carbocycles. The maximum absolute atomic E-state index is 14.0. The lowest BCUT2D eigenvalue weighted by Crippen LogP contribution is -2.59. The molecule has 1 fully saturated rings. The standard InChI is InChI=1S/C39H57N7O6/c1-4-5-21-30(34(41)47)43-38(51)33(24-29-19-13-8-14-20-29)46-39(52)32(23-28-17-11-7-12-18-28)45-36(49)26(3)42-37(50)31(44-35(48)25(2)40)22-27-15-9-6-10-16-27/h7-8,11-14,17-20,25-27,30-33H,4-6,9-10,15-16,21-24,40H2,1-3H3,(H2,41,47)(H,42,50)(H,43,51)(H,44,48)(H,45,49)(H,46,52)/t25-,26+,30+,31-,32+,33-/m1/s1. The minimum absolute atomic E-state index is 0.0912. The number of nitrogens with one attached hydrogen (secondary N) is 5. The predicted molar refractivity (Wildman–Crippen MR) is 199 cm³/mol. The van der Waals surface area contributed by atoms with Gasteiger partial charge in [-0.1, -0.05) is 113 Å². The number of unbranched alkanes of at least 4 members (excludes halogenated alkanes) is 1. The Morgan fingerprint density at radius 1 is 0.635 bits per heavy atom. The van der Waals surface area contributed by atoms with Crippen LogP contribution in [0.5, 0.6) is 0 Å². The SMILES string of the molecule is CCCC[C@H](NC(=O)[C@@H](Cc1ccccc1)NC(=O)[C@H](Cc1ccccc1)NC(=O)[C@H](C)NC(=O)[C@@H](CC1CCCCC1)NC(=O)[C@@H](C)N)C(N)=O. The Morgan fingerprint density at radius 2 is 1.10 bits per heavy atom. The number of hydrogen-bond donors (Lipinski definition) is 7. The topological polar surface area (TPSA) is 215 Å². The van der Waals surface area contributed by atoms with Crippen LogP contribution in [0.15, 0.2) is 60.7 Å². The number of carbonyl (C=O) groups is 6. The molecule has 0 aromatic heterocycles. The largest absolute Gasteiger partial charge is 0.368 e. The summed E-state index contributed by atoms with van der Waals surface area (Å²) in [7, 11) is 0. The fourth-order valence-electron chi connectivity index (χ4n) is 6.32. The molecule has 13 heteroatoms. The zero-order chi connectivity index (χ0) is 38.0. The molecule has 2 aromatic carbocycles. The van der Waals surface area contributed by atoms with Crippen molar-refractivity contribution in [1.29, 1.82) is 0 Å². The Hall–Kier alpha value is -4.78. The highest BCUT2D eigenvalue weighted by Crippen LogP contribution is 2.27. The van der Waals surface area contributed by atoms with E-state index in [9.17, 15) is 28.8 Å². The molecule has 2 aromatic rings. The average molecular weight is 720 g/mol. The molecule has 0 unspecified atom stereocenters. The minimum Gasteiger partial charge on any atom is -0.368 e. The fraction of sp³-hybridized carbons (Fsp3) is 0.538. The lowest BCUT2D eigenvalue weighted by molar-refractivity contribution is -0.135. The molecule has 0 spiro atoms. The number of hydrogen-bond acceptors (Lipinski definition) is 7. The molecule has 3 rings (SSSR count). The van der Waals surface area contributed by atoms with Crippen molar-refractivity contribution in [3.63, 3.8) is 0 Å². The van der Waals surface area contributed by atoms with Crippen LogP contribution in [-0.2, 0) is 41.6 Å². The number of benzene rings is 2. The molecule has 52 heavy (non-hydrogen) atoms. The fourth-order valence-corrected chi connectivity index (χ4v) is 6.32. The van der Waals surface area contributed by atoms with E-state index in [-0.39, 0.29) is 18.8 Å². The van der Waals surface area contributed by atoms with Crippen molar-refractivity contribution in [2.24, 2.45) is 17.4 Å². The molecule has 0 aliphatic heterocycles. The molecule has 1 aliphatic rings. The van der Waals surface area contributed by atoms with Crippen LogP contribution in [0.25, 0.3) is 0 Å². The van der Waals surface area contributed by atoms with Gasteiger partial charge < -0.3 is 38.1 Å². The third-order valence-corrected chi connectivity index (χ3v) is 9.43. The Morgan fingerprint density at radius 3 is 1.58 bits per heavy atom. The Kier molecular flexibility index (Phi) is 17.3. The molecule has 9 N–H and O–H groups in total. The van der Waals surface area contributed by atoms with Gasteiger partial charge in [0.15, 0.2) is 0 Å². The van der Waals surface area contributed by atoms with Crippen LogP contribution in [0.2, 0.25) is 0 Å². The van der Waals surface area contributed by atoms with E-state index in [0.717, 1.165) is 49.7 Å². The molecule has 0 heterocycles. The summed E-state index contributed by atoms with van der Waals surface area (Å²) in [6.07, 6.45) is 7.62. The lowest BCUT2D eigenvalue weighted by atomic mass is 9.84. The third-order valence-electron chi connectivity index (χ3n) is 9.43. The van der Waals surface area contributed by atoms with Crippen LogP contribution in [-0.4, -0.2) is 71.7 Å². The van der Waals surface area contributed by atoms with Gasteiger partial charge in [-0.3, -0.25) is 28.8 Å². The quantitative estimate of drug-likeness (QED) is 0.108. The number of primary amides is 1. The summed E-state index contributed by atoms with van der Waals surface area (Å²) in [5.41, 5.74) is 12.9. The van der Waals surface area contributed by atoms with Crippen LogP contribution < -0.4 is 38.1 Å². The van der Waals surface area contributed by atoms with Gasteiger partial charge in [0.05, 0.1) is 6.04 Å². The van der Waals surface area contributed by atoms with Crippen molar-refractivity contribution >= 4 is 35.4 Å². The normalized spacial score (nSPS) is 16.5. The summed E-state index contributed by atoms with van der Waals surface area (Å²) in [5.74, 6) is -3.23. The van der Waals surface area contributed by atoms with Gasteiger partial charge >= 0.3 is 0 Å². The van der Waals surface area contributed by atoms with Crippen molar-refractivity contribution in [3.05, 3.63) is 71.8 Å². The predicted octanol–water partition coefficient (Wildman–Crippen LogP) is 1.91. The first-order valence-electron chi connectivity index (χ1n) is 18.5. The molecular formula is C39H57N7O6. The molecule has 0 radical (unpaired) electrons. The Balaban J connectivity index is 1.79. The molecule has 6 atom stereocenters. The maximum atomic E-state index is 14.0. The highest BCUT2D eigenvalue weighted by atomic mass is 16.2. The number of amides is 6. The maximum Gasteiger partial charge on any atom is 0.243 e. The Bertz CT molecular complexity index is 1470. The summed E-state index contributed by atoms with van der Waals surface area (Å²) in [6.45, 7) is 5.00. The monoisotopic (exact) mass is 719 g/mol. The van der Waals surface area contributed by atoms with Crippen molar-refractivity contribution in [2.75, 3.05) is 0 Å². The summed E-state index contributed by atoms with van der Waals surface area (Å²) in [6, 6.07) is 12.3. The summed E-state index contributed by atoms with van der Waals surface area (Å²) < 4.78 is 0. The van der Waals surface area contributed by atoms with E-state index in [1.54, 1.807) is 0 Å². The van der Waals surface area contributed by atoms with E-state index >= 15 is 0 Å². The van der Waals surface area contributed by atoms with Crippen LogP contribution in [0.4, 0.5) is 0 Å².